The molecule has 12 heteroatoms. The van der Waals surface area contributed by atoms with E-state index in [1.807, 2.05) is 6.92 Å². The fourth-order valence-electron chi connectivity index (χ4n) is 5.61. The second-order valence-electron chi connectivity index (χ2n) is 10.6. The zero-order valence-corrected chi connectivity index (χ0v) is 22.3. The van der Waals surface area contributed by atoms with E-state index in [-0.39, 0.29) is 17.6 Å². The fourth-order valence-corrected chi connectivity index (χ4v) is 5.61. The lowest BCUT2D eigenvalue weighted by atomic mass is 9.73. The van der Waals surface area contributed by atoms with Crippen LogP contribution in [0.15, 0.2) is 48.8 Å². The average molecular weight is 565 g/mol. The molecule has 0 bridgehead atoms. The van der Waals surface area contributed by atoms with E-state index in [0.29, 0.717) is 61.9 Å². The number of alkyl halides is 3. The van der Waals surface area contributed by atoms with Crippen LogP contribution in [-0.4, -0.2) is 48.4 Å². The van der Waals surface area contributed by atoms with Crippen LogP contribution in [0.25, 0.3) is 0 Å². The van der Waals surface area contributed by atoms with E-state index >= 15 is 0 Å². The molecule has 1 aromatic carbocycles. The Kier molecular flexibility index (Phi) is 9.01. The lowest BCUT2D eigenvalue weighted by molar-refractivity contribution is -0.605. The molecule has 1 saturated carbocycles. The third-order valence-corrected chi connectivity index (χ3v) is 7.85. The van der Waals surface area contributed by atoms with Crippen molar-refractivity contribution in [3.63, 3.8) is 0 Å². The molecule has 2 atom stereocenters. The minimum absolute atomic E-state index is 0.147. The van der Waals surface area contributed by atoms with Crippen molar-refractivity contribution in [2.75, 3.05) is 19.6 Å². The van der Waals surface area contributed by atoms with Crippen molar-refractivity contribution in [1.29, 1.82) is 0 Å². The van der Waals surface area contributed by atoms with Gasteiger partial charge in [-0.3, -0.25) is 9.59 Å². The number of hydrogen-bond acceptors (Lipinski definition) is 6. The molecule has 0 radical (unpaired) electrons. The molecule has 40 heavy (non-hydrogen) atoms. The van der Waals surface area contributed by atoms with Crippen LogP contribution in [0.3, 0.4) is 0 Å². The summed E-state index contributed by atoms with van der Waals surface area (Å²) >= 11 is 0. The van der Waals surface area contributed by atoms with E-state index in [2.05, 4.69) is 16.0 Å². The molecule has 0 spiro atoms. The first kappa shape index (κ1) is 29.8. The van der Waals surface area contributed by atoms with Crippen molar-refractivity contribution in [1.82, 2.24) is 16.0 Å². The first-order chi connectivity index (χ1) is 18.9. The summed E-state index contributed by atoms with van der Waals surface area (Å²) in [4.78, 5) is 25.2. The van der Waals surface area contributed by atoms with Crippen molar-refractivity contribution >= 4 is 11.8 Å². The number of nitrogens with one attached hydrogen (secondary N) is 3. The number of halogens is 3. The van der Waals surface area contributed by atoms with E-state index < -0.39 is 41.4 Å². The first-order valence-corrected chi connectivity index (χ1v) is 13.5. The first-order valence-electron chi connectivity index (χ1n) is 13.5. The molecule has 1 saturated heterocycles. The molecule has 9 nitrogen and oxygen atoms in total. The predicted octanol–water partition coefficient (Wildman–Crippen LogP) is 2.75. The molecule has 1 aromatic heterocycles. The highest BCUT2D eigenvalue weighted by atomic mass is 19.4. The Bertz CT molecular complexity index is 1180. The maximum Gasteiger partial charge on any atom is 0.416 e. The van der Waals surface area contributed by atoms with Gasteiger partial charge in [-0.25, -0.2) is 0 Å². The molecule has 1 unspecified atom stereocenters. The van der Waals surface area contributed by atoms with E-state index in [1.54, 1.807) is 12.1 Å². The van der Waals surface area contributed by atoms with Gasteiger partial charge in [-0.15, -0.1) is 0 Å². The lowest BCUT2D eigenvalue weighted by Gasteiger charge is -2.42. The number of carbonyl (C=O) groups excluding carboxylic acids is 2. The second-order valence-corrected chi connectivity index (χ2v) is 10.6. The molecule has 2 heterocycles. The number of nitrogens with zero attached hydrogens (tertiary/aromatic N) is 1. The molecule has 4 rings (SSSR count). The summed E-state index contributed by atoms with van der Waals surface area (Å²) in [6.45, 7) is 2.56. The molecular formula is C28H35F3N4O5. The molecule has 4 N–H and O–H groups in total. The van der Waals surface area contributed by atoms with Crippen molar-refractivity contribution < 1.29 is 37.3 Å². The molecular weight excluding hydrogens is 529 g/mol. The Morgan fingerprint density at radius 3 is 2.50 bits per heavy atom. The minimum atomic E-state index is -4.58. The van der Waals surface area contributed by atoms with E-state index in [1.165, 1.54) is 18.5 Å². The van der Waals surface area contributed by atoms with Gasteiger partial charge in [0.05, 0.1) is 23.8 Å². The van der Waals surface area contributed by atoms with Crippen LogP contribution >= 0.6 is 0 Å². The number of carbonyl (C=O) groups is 2. The zero-order valence-electron chi connectivity index (χ0n) is 22.3. The number of pyridine rings is 1. The topological polar surface area (TPSA) is 127 Å². The maximum absolute atomic E-state index is 13.0. The third kappa shape index (κ3) is 7.10. The predicted molar refractivity (Wildman–Crippen MR) is 139 cm³/mol. The van der Waals surface area contributed by atoms with Gasteiger partial charge in [0.1, 0.15) is 0 Å². The molecule has 2 amide bonds. The Hall–Kier alpha value is -3.22. The minimum Gasteiger partial charge on any atom is -0.619 e. The van der Waals surface area contributed by atoms with Gasteiger partial charge in [-0.05, 0) is 68.3 Å². The number of amides is 2. The number of benzene rings is 1. The standard InChI is InChI=1S/C28H35F3N4O5/c1-2-23(19-6-10-26(38,11-7-19)21-8-14-35(39)15-9-21)40-27(12-13-32-18-27)34-24(36)17-33-25(37)20-4-3-5-22(16-20)28(29,30)31/h3-5,8-9,14-16,19,23,32,38H,2,6-7,10-13,17-18H2,1H3,(H,33,37)(H,34,36)/t19?,23?,26?,27-/m0/s1. The third-order valence-electron chi connectivity index (χ3n) is 7.85. The fraction of sp³-hybridized carbons (Fsp3) is 0.536. The molecule has 2 aliphatic rings. The molecule has 2 aromatic rings. The van der Waals surface area contributed by atoms with Gasteiger partial charge in [-0.2, -0.15) is 17.9 Å². The monoisotopic (exact) mass is 564 g/mol. The second kappa shape index (κ2) is 12.1. The molecule has 2 fully saturated rings. The summed E-state index contributed by atoms with van der Waals surface area (Å²) in [7, 11) is 0. The van der Waals surface area contributed by atoms with E-state index in [4.69, 9.17) is 4.74 Å². The van der Waals surface area contributed by atoms with Gasteiger partial charge in [0, 0.05) is 30.7 Å². The van der Waals surface area contributed by atoms with Gasteiger partial charge >= 0.3 is 6.18 Å². The molecule has 218 valence electrons. The zero-order chi connectivity index (χ0) is 29.0. The SMILES string of the molecule is CCC(O[C@@]1(NC(=O)CNC(=O)c2cccc(C(F)(F)F)c2)CCNC1)C1CCC(O)(c2cc[n+]([O-])cc2)CC1. The maximum atomic E-state index is 13.0. The number of ether oxygens (including phenoxy) is 1. The number of aromatic nitrogens is 1. The smallest absolute Gasteiger partial charge is 0.416 e. The molecule has 1 aliphatic heterocycles. The summed E-state index contributed by atoms with van der Waals surface area (Å²) < 4.78 is 46.1. The van der Waals surface area contributed by atoms with Crippen LogP contribution in [0.2, 0.25) is 0 Å². The van der Waals surface area contributed by atoms with Crippen LogP contribution in [0.1, 0.15) is 66.9 Å². The van der Waals surface area contributed by atoms with Gasteiger partial charge in [-0.1, -0.05) is 13.0 Å². The lowest BCUT2D eigenvalue weighted by Crippen LogP contribution is -2.56. The number of rotatable bonds is 9. The van der Waals surface area contributed by atoms with Crippen molar-refractivity contribution in [3.8, 4) is 0 Å². The average Bonchev–Trinajstić information content (AvgIpc) is 3.39. The van der Waals surface area contributed by atoms with Gasteiger partial charge < -0.3 is 31.0 Å². The number of aliphatic hydroxyl groups is 1. The normalized spacial score (nSPS) is 25.8. The highest BCUT2D eigenvalue weighted by Crippen LogP contribution is 2.42. The van der Waals surface area contributed by atoms with Crippen LogP contribution in [0, 0.1) is 11.1 Å². The van der Waals surface area contributed by atoms with E-state index in [0.717, 1.165) is 18.2 Å². The Morgan fingerprint density at radius 2 is 1.90 bits per heavy atom. The summed E-state index contributed by atoms with van der Waals surface area (Å²) in [5.41, 5.74) is -2.43. The summed E-state index contributed by atoms with van der Waals surface area (Å²) in [6.07, 6.45) is 1.60. The van der Waals surface area contributed by atoms with Crippen LogP contribution in [0.5, 0.6) is 0 Å². The van der Waals surface area contributed by atoms with Crippen molar-refractivity contribution in [3.05, 3.63) is 70.7 Å². The summed E-state index contributed by atoms with van der Waals surface area (Å²) in [5, 5.41) is 31.0. The Morgan fingerprint density at radius 1 is 1.20 bits per heavy atom. The van der Waals surface area contributed by atoms with Crippen LogP contribution in [-0.2, 0) is 21.3 Å². The number of hydrogen-bond donors (Lipinski definition) is 4. The molecule has 1 aliphatic carbocycles. The van der Waals surface area contributed by atoms with Gasteiger partial charge in [0.2, 0.25) is 5.91 Å². The van der Waals surface area contributed by atoms with E-state index in [9.17, 15) is 33.1 Å². The highest BCUT2D eigenvalue weighted by Gasteiger charge is 2.43. The quantitative estimate of drug-likeness (QED) is 0.211. The van der Waals surface area contributed by atoms with Crippen molar-refractivity contribution in [2.24, 2.45) is 5.92 Å². The summed E-state index contributed by atoms with van der Waals surface area (Å²) in [6, 6.07) is 7.29. The highest BCUT2D eigenvalue weighted by molar-refractivity contribution is 5.96. The van der Waals surface area contributed by atoms with Crippen LogP contribution in [0.4, 0.5) is 13.2 Å². The van der Waals surface area contributed by atoms with Gasteiger partial charge in [0.25, 0.3) is 5.91 Å². The summed E-state index contributed by atoms with van der Waals surface area (Å²) in [5.74, 6) is -1.16. The Balaban J connectivity index is 1.34. The Labute approximate surface area is 230 Å². The largest absolute Gasteiger partial charge is 0.619 e. The van der Waals surface area contributed by atoms with Gasteiger partial charge in [0.15, 0.2) is 18.1 Å². The van der Waals surface area contributed by atoms with Crippen LogP contribution < -0.4 is 20.7 Å². The van der Waals surface area contributed by atoms with Crippen molar-refractivity contribution in [2.45, 2.75) is 69.1 Å².